The third kappa shape index (κ3) is 7.31. The number of aromatic nitrogens is 2. The van der Waals surface area contributed by atoms with Crippen LogP contribution in [-0.2, 0) is 9.63 Å². The van der Waals surface area contributed by atoms with Crippen LogP contribution in [0.4, 0.5) is 33.1 Å². The molecule has 3 fully saturated rings. The second-order valence-electron chi connectivity index (χ2n) is 12.8. The zero-order valence-electron chi connectivity index (χ0n) is 28.0. The molecule has 2 aromatic rings. The van der Waals surface area contributed by atoms with Gasteiger partial charge in [0.15, 0.2) is 5.82 Å². The third-order valence-corrected chi connectivity index (χ3v) is 10.4. The number of nitrogens with one attached hydrogen (secondary N) is 2. The molecule has 258 valence electrons. The van der Waals surface area contributed by atoms with Crippen LogP contribution in [-0.4, -0.2) is 97.3 Å². The highest BCUT2D eigenvalue weighted by Gasteiger charge is 2.41. The number of piperidine rings is 1. The van der Waals surface area contributed by atoms with Gasteiger partial charge in [-0.15, -0.1) is 0 Å². The van der Waals surface area contributed by atoms with Crippen LogP contribution in [0.1, 0.15) is 33.1 Å². The molecule has 48 heavy (non-hydrogen) atoms. The Morgan fingerprint density at radius 1 is 1.12 bits per heavy atom. The summed E-state index contributed by atoms with van der Waals surface area (Å²) in [7, 11) is 1.62. The van der Waals surface area contributed by atoms with Crippen molar-refractivity contribution >= 4 is 46.2 Å². The Labute approximate surface area is 287 Å². The Kier molecular flexibility index (Phi) is 10.8. The summed E-state index contributed by atoms with van der Waals surface area (Å²) in [5.41, 5.74) is 2.15. The van der Waals surface area contributed by atoms with Gasteiger partial charge >= 0.3 is 0 Å². The van der Waals surface area contributed by atoms with E-state index in [9.17, 15) is 4.79 Å². The first-order chi connectivity index (χ1) is 23.3. The molecular formula is C35H46ClFN8O3. The second kappa shape index (κ2) is 15.2. The zero-order chi connectivity index (χ0) is 33.8. The van der Waals surface area contributed by atoms with Gasteiger partial charge in [-0.05, 0) is 49.9 Å². The number of hydrogen-bond donors (Lipinski definition) is 2. The number of anilines is 5. The van der Waals surface area contributed by atoms with Gasteiger partial charge in [0.05, 0.1) is 41.9 Å². The van der Waals surface area contributed by atoms with Crippen LogP contribution in [0.15, 0.2) is 60.2 Å². The highest BCUT2D eigenvalue weighted by Crippen LogP contribution is 2.42. The number of piperazine rings is 1. The molecule has 0 radical (unpaired) electrons. The first-order valence-corrected chi connectivity index (χ1v) is 17.3. The first-order valence-electron chi connectivity index (χ1n) is 16.9. The van der Waals surface area contributed by atoms with Gasteiger partial charge in [0.25, 0.3) is 0 Å². The van der Waals surface area contributed by atoms with E-state index >= 15 is 4.39 Å². The highest BCUT2D eigenvalue weighted by molar-refractivity contribution is 6.31. The van der Waals surface area contributed by atoms with Gasteiger partial charge in [-0.25, -0.2) is 19.4 Å². The molecule has 1 aliphatic carbocycles. The van der Waals surface area contributed by atoms with Crippen molar-refractivity contribution in [2.24, 2.45) is 11.8 Å². The number of nitrogens with zero attached hydrogens (tertiary/aromatic N) is 6. The molecule has 0 spiro atoms. The molecular weight excluding hydrogens is 635 g/mol. The topological polar surface area (TPSA) is 98.3 Å². The molecule has 4 aliphatic rings. The molecule has 3 saturated heterocycles. The largest absolute Gasteiger partial charge is 0.494 e. The number of rotatable bonds is 10. The Balaban J connectivity index is 1.21. The van der Waals surface area contributed by atoms with Crippen LogP contribution < -0.4 is 25.3 Å². The number of carbonyl (C=O) groups is 1. The lowest BCUT2D eigenvalue weighted by molar-refractivity contribution is -0.111. The van der Waals surface area contributed by atoms with Crippen molar-refractivity contribution in [2.75, 3.05) is 80.1 Å². The SMILES string of the molecule is C=CC(=O)Nc1cc(Nc2cc(N3OCC[C@@H]3C3C(F)=C(Cl)C=CC3C)ncn2)c(OC)cc1N1CCC(N2CCN(CC)CC2)CC1. The van der Waals surface area contributed by atoms with Gasteiger partial charge in [0.1, 0.15) is 23.7 Å². The van der Waals surface area contributed by atoms with Crippen LogP contribution in [0.3, 0.4) is 0 Å². The van der Waals surface area contributed by atoms with Gasteiger partial charge in [-0.2, -0.15) is 0 Å². The van der Waals surface area contributed by atoms with Crippen molar-refractivity contribution in [3.05, 3.63) is 60.2 Å². The smallest absolute Gasteiger partial charge is 0.247 e. The molecule has 11 nitrogen and oxygen atoms in total. The Morgan fingerprint density at radius 2 is 1.90 bits per heavy atom. The number of benzene rings is 1. The molecule has 0 saturated carbocycles. The Morgan fingerprint density at radius 3 is 2.60 bits per heavy atom. The molecule has 1 aromatic heterocycles. The van der Waals surface area contributed by atoms with Crippen LogP contribution in [0.2, 0.25) is 0 Å². The molecule has 3 aliphatic heterocycles. The molecule has 2 N–H and O–H groups in total. The van der Waals surface area contributed by atoms with Crippen molar-refractivity contribution < 1.29 is 18.8 Å². The van der Waals surface area contributed by atoms with Gasteiger partial charge < -0.3 is 25.2 Å². The molecule has 6 rings (SSSR count). The minimum Gasteiger partial charge on any atom is -0.494 e. The molecule has 4 heterocycles. The molecule has 1 amide bonds. The number of hydrogen-bond acceptors (Lipinski definition) is 10. The van der Waals surface area contributed by atoms with E-state index in [1.54, 1.807) is 24.3 Å². The summed E-state index contributed by atoms with van der Waals surface area (Å²) in [6.45, 7) is 15.6. The van der Waals surface area contributed by atoms with E-state index in [1.165, 1.54) is 12.4 Å². The number of amides is 1. The Bertz CT molecular complexity index is 1540. The van der Waals surface area contributed by atoms with Gasteiger partial charge in [0, 0.05) is 63.4 Å². The number of carbonyl (C=O) groups excluding carboxylic acids is 1. The minimum absolute atomic E-state index is 0.0598. The van der Waals surface area contributed by atoms with E-state index in [4.69, 9.17) is 21.2 Å². The number of ether oxygens (including phenoxy) is 1. The van der Waals surface area contributed by atoms with Gasteiger partial charge in [-0.3, -0.25) is 14.5 Å². The van der Waals surface area contributed by atoms with E-state index in [1.807, 2.05) is 25.1 Å². The number of allylic oxidation sites excluding steroid dienone is 3. The summed E-state index contributed by atoms with van der Waals surface area (Å²) in [4.78, 5) is 34.9. The molecule has 2 unspecified atom stereocenters. The summed E-state index contributed by atoms with van der Waals surface area (Å²) in [6, 6.07) is 5.84. The summed E-state index contributed by atoms with van der Waals surface area (Å²) in [5.74, 6) is 0.418. The standard InChI is InChI=1S/C35H46ClFN8O3/c1-5-33(46)41-26-19-27(30(47-4)20-29(26)44-12-9-24(10-13-44)43-16-14-42(6-2)15-17-43)40-31-21-32(39-22-38-31)45-28(11-18-48-45)34-23(3)7-8-25(36)35(34)37/h5,7-8,19-24,28,34H,1,6,9-18H2,2-4H3,(H,41,46)(H,38,39,40)/t23?,28-,34?/m1/s1. The van der Waals surface area contributed by atoms with E-state index in [0.717, 1.165) is 64.3 Å². The van der Waals surface area contributed by atoms with E-state index < -0.39 is 5.92 Å². The lowest BCUT2D eigenvalue weighted by atomic mass is 9.82. The quantitative estimate of drug-likeness (QED) is 0.304. The van der Waals surface area contributed by atoms with Crippen molar-refractivity contribution in [1.29, 1.82) is 0 Å². The summed E-state index contributed by atoms with van der Waals surface area (Å²) >= 11 is 6.18. The van der Waals surface area contributed by atoms with Gasteiger partial charge in [0.2, 0.25) is 5.91 Å². The molecule has 1 aromatic carbocycles. The van der Waals surface area contributed by atoms with Crippen LogP contribution >= 0.6 is 11.6 Å². The fourth-order valence-electron chi connectivity index (χ4n) is 7.36. The summed E-state index contributed by atoms with van der Waals surface area (Å²) in [5, 5.41) is 8.14. The predicted molar refractivity (Wildman–Crippen MR) is 189 cm³/mol. The van der Waals surface area contributed by atoms with E-state index in [2.05, 4.69) is 48.8 Å². The predicted octanol–water partition coefficient (Wildman–Crippen LogP) is 5.71. The first kappa shape index (κ1) is 34.2. The minimum atomic E-state index is -0.462. The number of hydroxylamine groups is 1. The van der Waals surface area contributed by atoms with Crippen molar-refractivity contribution in [3.63, 3.8) is 0 Å². The van der Waals surface area contributed by atoms with Crippen LogP contribution in [0, 0.1) is 11.8 Å². The second-order valence-corrected chi connectivity index (χ2v) is 13.2. The van der Waals surface area contributed by atoms with Crippen molar-refractivity contribution in [3.8, 4) is 5.75 Å². The summed E-state index contributed by atoms with van der Waals surface area (Å²) in [6.07, 6.45) is 8.97. The molecule has 0 bridgehead atoms. The Hall–Kier alpha value is -3.71. The van der Waals surface area contributed by atoms with Crippen molar-refractivity contribution in [2.45, 2.75) is 45.2 Å². The average molecular weight is 681 g/mol. The fourth-order valence-corrected chi connectivity index (χ4v) is 7.56. The number of halogens is 2. The number of methoxy groups -OCH3 is 1. The highest BCUT2D eigenvalue weighted by atomic mass is 35.5. The molecule has 13 heteroatoms. The lowest BCUT2D eigenvalue weighted by Crippen LogP contribution is -2.53. The molecule has 3 atom stereocenters. The lowest BCUT2D eigenvalue weighted by Gasteiger charge is -2.43. The number of likely N-dealkylation sites (N-methyl/N-ethyl adjacent to an activating group) is 1. The maximum atomic E-state index is 15.2. The maximum Gasteiger partial charge on any atom is 0.247 e. The summed E-state index contributed by atoms with van der Waals surface area (Å²) < 4.78 is 21.1. The van der Waals surface area contributed by atoms with Crippen molar-refractivity contribution in [1.82, 2.24) is 19.8 Å². The average Bonchev–Trinajstić information content (AvgIpc) is 3.60. The third-order valence-electron chi connectivity index (χ3n) is 10.1. The van der Waals surface area contributed by atoms with Gasteiger partial charge in [-0.1, -0.05) is 38.1 Å². The fraction of sp³-hybridized carbons (Fsp3) is 0.514. The maximum absolute atomic E-state index is 15.2. The normalized spacial score (nSPS) is 24.2. The van der Waals surface area contributed by atoms with Crippen LogP contribution in [0.25, 0.3) is 0 Å². The zero-order valence-corrected chi connectivity index (χ0v) is 28.8. The van der Waals surface area contributed by atoms with E-state index in [0.29, 0.717) is 47.8 Å². The monoisotopic (exact) mass is 680 g/mol. The van der Waals surface area contributed by atoms with Crippen LogP contribution in [0.5, 0.6) is 5.75 Å². The van der Waals surface area contributed by atoms with E-state index in [-0.39, 0.29) is 28.7 Å².